The molecule has 2 fully saturated rings. The van der Waals surface area contributed by atoms with E-state index in [1.165, 1.54) is 39.7 Å². The Balaban J connectivity index is -0.000000258. The maximum Gasteiger partial charge on any atom is 0.338 e. The van der Waals surface area contributed by atoms with Crippen molar-refractivity contribution >= 4 is 59.7 Å². The van der Waals surface area contributed by atoms with Gasteiger partial charge in [-0.2, -0.15) is 0 Å². The number of rotatable bonds is 8. The molecule has 0 aromatic heterocycles. The zero-order chi connectivity index (χ0) is 83.5. The van der Waals surface area contributed by atoms with Gasteiger partial charge in [-0.15, -0.1) is 0 Å². The molecule has 20 heteroatoms. The van der Waals surface area contributed by atoms with Gasteiger partial charge < -0.3 is 47.4 Å². The van der Waals surface area contributed by atoms with Crippen molar-refractivity contribution < 1.29 is 95.3 Å². The zero-order valence-corrected chi connectivity index (χ0v) is 72.3. The Morgan fingerprint density at radius 3 is 1.01 bits per heavy atom. The molecule has 0 saturated heterocycles. The van der Waals surface area contributed by atoms with Crippen LogP contribution in [0.25, 0.3) is 0 Å². The van der Waals surface area contributed by atoms with E-state index < -0.39 is 11.0 Å². The zero-order valence-electron chi connectivity index (χ0n) is 72.3. The first-order valence-corrected chi connectivity index (χ1v) is 36.6. The molecule has 2 saturated carbocycles. The summed E-state index contributed by atoms with van der Waals surface area (Å²) in [7, 11) is 1.40. The molecule has 604 valence electrons. The van der Waals surface area contributed by atoms with Gasteiger partial charge >= 0.3 is 59.7 Å². The predicted octanol–water partition coefficient (Wildman–Crippen LogP) is 20.2. The summed E-state index contributed by atoms with van der Waals surface area (Å²) in [5.41, 5.74) is -3.02. The van der Waals surface area contributed by atoms with E-state index in [9.17, 15) is 47.9 Å². The average Bonchev–Trinajstić information content (AvgIpc) is 1.39. The molecule has 20 nitrogen and oxygen atoms in total. The number of hydrogen-bond acceptors (Lipinski definition) is 20. The fraction of sp³-hybridized carbons (Fsp3) is 0.738. The molecule has 4 rings (SSSR count). The minimum absolute atomic E-state index is 0.000000000000000666. The van der Waals surface area contributed by atoms with Crippen LogP contribution in [0.3, 0.4) is 0 Å². The molecule has 2 aliphatic rings. The lowest BCUT2D eigenvalue weighted by Crippen LogP contribution is -2.27. The highest BCUT2D eigenvalue weighted by atomic mass is 16.6. The van der Waals surface area contributed by atoms with Gasteiger partial charge in [0.15, 0.2) is 0 Å². The third kappa shape index (κ3) is 70.8. The van der Waals surface area contributed by atoms with E-state index in [1.807, 2.05) is 279 Å². The Morgan fingerprint density at radius 1 is 0.413 bits per heavy atom. The van der Waals surface area contributed by atoms with Crippen molar-refractivity contribution in [1.82, 2.24) is 0 Å². The number of ether oxygens (including phenoxy) is 10. The highest BCUT2D eigenvalue weighted by molar-refractivity contribution is 5.89. The van der Waals surface area contributed by atoms with Gasteiger partial charge in [-0.05, 0) is 291 Å². The summed E-state index contributed by atoms with van der Waals surface area (Å²) in [6.45, 7) is 68.5. The van der Waals surface area contributed by atoms with Crippen LogP contribution in [0.2, 0.25) is 0 Å². The van der Waals surface area contributed by atoms with Gasteiger partial charge in [0.1, 0.15) is 39.9 Å². The van der Waals surface area contributed by atoms with Gasteiger partial charge in [0.25, 0.3) is 0 Å². The summed E-state index contributed by atoms with van der Waals surface area (Å²) in [6, 6.07) is 18.1. The van der Waals surface area contributed by atoms with Crippen LogP contribution in [-0.2, 0) is 85.8 Å². The Kier molecular flexibility index (Phi) is 52.6. The summed E-state index contributed by atoms with van der Waals surface area (Å²) < 4.78 is 50.0. The van der Waals surface area contributed by atoms with Gasteiger partial charge in [0.2, 0.25) is 0 Å². The fourth-order valence-corrected chi connectivity index (χ4v) is 6.85. The minimum Gasteiger partial charge on any atom is -0.469 e. The Morgan fingerprint density at radius 2 is 0.769 bits per heavy atom. The fourth-order valence-electron chi connectivity index (χ4n) is 6.85. The van der Waals surface area contributed by atoms with Crippen molar-refractivity contribution in [3.63, 3.8) is 0 Å². The van der Waals surface area contributed by atoms with Gasteiger partial charge in [-0.25, -0.2) is 4.79 Å². The molecular weight excluding hydrogens is 1330 g/mol. The lowest BCUT2D eigenvalue weighted by atomic mass is 9.97. The second-order valence-electron chi connectivity index (χ2n) is 35.6. The molecule has 0 heterocycles. The van der Waals surface area contributed by atoms with Gasteiger partial charge in [-0.1, -0.05) is 70.0 Å². The molecule has 0 bridgehead atoms. The molecular formula is C84H148O20. The highest BCUT2D eigenvalue weighted by Gasteiger charge is 2.30. The standard InChI is InChI=1S/2C11H14O2.2C10H18O2.2C8H16O2.2C7H14O2.2C6H12O2/c1-11(2,3)10(12)13-9-7-5-4-6-8-9;1-11(2,3)13-10(12)9-7-5-4-6-8-9;1-10(2,3)9(11)12-8-6-4-5-7-8;1-10(2,3)12-9(11)8-6-4-5-7-8;1-6(2)10-7(9)8(3,4)5;1-6(2)7(9)10-8(3,4)5;1-5-9-6(8)7(2,3)4;1-5-6(8)9-7(2,3)4;1-6(2,3)5(7)8-4;1-5(7)8-6(2,3)4/h2*4-8H,1-3H3;2*8H,4-7H2,1-3H3;2*6H,1-5H3;2*5H2,1-4H3;2*1-4H3. The monoisotopic (exact) mass is 1480 g/mol. The average molecular weight is 1480 g/mol. The number of para-hydroxylation sites is 1. The molecule has 0 amide bonds. The van der Waals surface area contributed by atoms with Crippen molar-refractivity contribution in [3.05, 3.63) is 66.2 Å². The molecule has 0 spiro atoms. The molecule has 2 aromatic rings. The number of benzene rings is 2. The van der Waals surface area contributed by atoms with Crippen molar-refractivity contribution in [2.75, 3.05) is 13.7 Å². The highest BCUT2D eigenvalue weighted by Crippen LogP contribution is 2.28. The van der Waals surface area contributed by atoms with E-state index in [4.69, 9.17) is 42.6 Å². The maximum absolute atomic E-state index is 11.4. The van der Waals surface area contributed by atoms with Crippen LogP contribution in [-0.4, -0.2) is 114 Å². The lowest BCUT2D eigenvalue weighted by molar-refractivity contribution is -0.160. The van der Waals surface area contributed by atoms with Crippen LogP contribution in [0.5, 0.6) is 5.75 Å². The second-order valence-corrected chi connectivity index (χ2v) is 35.6. The number of hydrogen-bond donors (Lipinski definition) is 0. The SMILES string of the molecule is CC(=O)OC(C)(C)C.CC(C)(C)C(=O)OC1CCCC1.CC(C)(C)C(=O)Oc1ccccc1.CC(C)(C)OC(=O)C1CCCC1.CC(C)(C)OC(=O)c1ccccc1.CC(C)C(=O)OC(C)(C)C.CC(C)OC(=O)C(C)(C)C.CCC(=O)OC(C)(C)C.CCOC(=O)C(C)(C)C.COC(=O)C(C)(C)C. The predicted molar refractivity (Wildman–Crippen MR) is 415 cm³/mol. The van der Waals surface area contributed by atoms with E-state index in [1.54, 1.807) is 31.2 Å². The third-order valence-corrected chi connectivity index (χ3v) is 11.9. The third-order valence-electron chi connectivity index (χ3n) is 11.9. The van der Waals surface area contributed by atoms with E-state index in [-0.39, 0.29) is 128 Å². The first kappa shape index (κ1) is 108. The Labute approximate surface area is 631 Å². The summed E-state index contributed by atoms with van der Waals surface area (Å²) in [6.07, 6.45) is 9.60. The van der Waals surface area contributed by atoms with Crippen LogP contribution in [0.15, 0.2) is 60.7 Å². The molecule has 2 aliphatic carbocycles. The van der Waals surface area contributed by atoms with Gasteiger partial charge in [-0.3, -0.25) is 43.2 Å². The minimum atomic E-state index is -0.449. The number of carbonyl (C=O) groups is 10. The van der Waals surface area contributed by atoms with Crippen LogP contribution >= 0.6 is 0 Å². The van der Waals surface area contributed by atoms with Gasteiger partial charge in [0.05, 0.1) is 64.3 Å². The van der Waals surface area contributed by atoms with Crippen molar-refractivity contribution in [2.45, 2.75) is 354 Å². The molecule has 104 heavy (non-hydrogen) atoms. The lowest BCUT2D eigenvalue weighted by Gasteiger charge is -2.21. The molecule has 2 aromatic carbocycles. The van der Waals surface area contributed by atoms with E-state index in [2.05, 4.69) is 4.74 Å². The summed E-state index contributed by atoms with van der Waals surface area (Å²) in [5, 5.41) is 0. The number of carbonyl (C=O) groups excluding carboxylic acids is 10. The molecule has 0 radical (unpaired) electrons. The molecule has 0 unspecified atom stereocenters. The first-order chi connectivity index (χ1) is 46.5. The first-order valence-electron chi connectivity index (χ1n) is 36.6. The summed E-state index contributed by atoms with van der Waals surface area (Å²) in [4.78, 5) is 110. The normalized spacial score (nSPS) is 13.2. The van der Waals surface area contributed by atoms with E-state index in [0.29, 0.717) is 24.3 Å². The second kappa shape index (κ2) is 50.6. The van der Waals surface area contributed by atoms with Crippen molar-refractivity contribution in [3.8, 4) is 5.75 Å². The molecule has 0 N–H and O–H groups in total. The van der Waals surface area contributed by atoms with Crippen molar-refractivity contribution in [2.24, 2.45) is 38.9 Å². The number of esters is 10. The van der Waals surface area contributed by atoms with Crippen molar-refractivity contribution in [1.29, 1.82) is 0 Å². The van der Waals surface area contributed by atoms with E-state index in [0.717, 1.165) is 25.7 Å². The molecule has 0 atom stereocenters. The van der Waals surface area contributed by atoms with Crippen LogP contribution in [0, 0.1) is 38.9 Å². The van der Waals surface area contributed by atoms with Crippen LogP contribution in [0.1, 0.15) is 324 Å². The Hall–Kier alpha value is -6.86. The Bertz CT molecular complexity index is 2730. The van der Waals surface area contributed by atoms with Crippen LogP contribution < -0.4 is 4.74 Å². The van der Waals surface area contributed by atoms with Gasteiger partial charge in [0, 0.05) is 13.3 Å². The quantitative estimate of drug-likeness (QED) is 0.135. The topological polar surface area (TPSA) is 263 Å². The molecule has 0 aliphatic heterocycles. The van der Waals surface area contributed by atoms with Crippen LogP contribution in [0.4, 0.5) is 0 Å². The maximum atomic E-state index is 11.4. The largest absolute Gasteiger partial charge is 0.469 e. The smallest absolute Gasteiger partial charge is 0.338 e. The van der Waals surface area contributed by atoms with E-state index >= 15 is 0 Å². The summed E-state index contributed by atoms with van der Waals surface area (Å²) >= 11 is 0. The summed E-state index contributed by atoms with van der Waals surface area (Å²) in [5.74, 6) is -0.718. The number of methoxy groups -OCH3 is 1.